The molecule has 1 N–H and O–H groups in total. The summed E-state index contributed by atoms with van der Waals surface area (Å²) < 4.78 is 6.54. The van der Waals surface area contributed by atoms with Gasteiger partial charge in [-0.1, -0.05) is 27.5 Å². The molecule has 2 atom stereocenters. The van der Waals surface area contributed by atoms with Gasteiger partial charge in [0.25, 0.3) is 0 Å². The number of aliphatic hydroxyl groups excluding tert-OH is 1. The molecule has 1 saturated heterocycles. The predicted octanol–water partition coefficient (Wildman–Crippen LogP) is 3.31. The Morgan fingerprint density at radius 3 is 2.87 bits per heavy atom. The fourth-order valence-corrected chi connectivity index (χ4v) is 2.66. The van der Waals surface area contributed by atoms with Crippen LogP contribution in [0.25, 0.3) is 0 Å². The van der Waals surface area contributed by atoms with E-state index < -0.39 is 0 Å². The second-order valence-corrected chi connectivity index (χ2v) is 5.09. The standard InChI is InChI=1S/C11H12BrClO2/c12-8-3-7(4-9(13)5-8)11-6-10(14)1-2-15-11/h3-5,10-11,14H,1-2,6H2. The van der Waals surface area contributed by atoms with Crippen LogP contribution in [0.1, 0.15) is 24.5 Å². The second-order valence-electron chi connectivity index (χ2n) is 3.74. The van der Waals surface area contributed by atoms with Crippen molar-refractivity contribution in [2.24, 2.45) is 0 Å². The average Bonchev–Trinajstić information content (AvgIpc) is 2.16. The Hall–Kier alpha value is -0.0900. The molecule has 0 saturated carbocycles. The first kappa shape index (κ1) is 11.4. The Bertz CT molecular complexity index is 336. The molecular weight excluding hydrogens is 279 g/mol. The molecule has 1 heterocycles. The Kier molecular flexibility index (Phi) is 3.67. The lowest BCUT2D eigenvalue weighted by Gasteiger charge is -2.27. The van der Waals surface area contributed by atoms with E-state index in [1.165, 1.54) is 0 Å². The van der Waals surface area contributed by atoms with Crippen LogP contribution in [0, 0.1) is 0 Å². The Morgan fingerprint density at radius 2 is 2.20 bits per heavy atom. The van der Waals surface area contributed by atoms with Crippen LogP contribution < -0.4 is 0 Å². The van der Waals surface area contributed by atoms with Crippen molar-refractivity contribution in [3.05, 3.63) is 33.3 Å². The van der Waals surface area contributed by atoms with E-state index in [0.29, 0.717) is 18.1 Å². The highest BCUT2D eigenvalue weighted by Gasteiger charge is 2.22. The number of hydrogen-bond donors (Lipinski definition) is 1. The minimum atomic E-state index is -0.262. The van der Waals surface area contributed by atoms with E-state index in [9.17, 15) is 5.11 Å². The van der Waals surface area contributed by atoms with Crippen LogP contribution in [0.4, 0.5) is 0 Å². The number of ether oxygens (including phenoxy) is 1. The maximum absolute atomic E-state index is 9.55. The second kappa shape index (κ2) is 4.83. The number of hydrogen-bond acceptors (Lipinski definition) is 2. The van der Waals surface area contributed by atoms with Crippen LogP contribution in [-0.2, 0) is 4.74 Å². The molecule has 82 valence electrons. The molecule has 0 amide bonds. The first-order valence-electron chi connectivity index (χ1n) is 4.91. The highest BCUT2D eigenvalue weighted by atomic mass is 79.9. The Morgan fingerprint density at radius 1 is 1.40 bits per heavy atom. The summed E-state index contributed by atoms with van der Waals surface area (Å²) >= 11 is 9.35. The number of rotatable bonds is 1. The average molecular weight is 292 g/mol. The zero-order valence-electron chi connectivity index (χ0n) is 8.12. The van der Waals surface area contributed by atoms with Gasteiger partial charge in [-0.3, -0.25) is 0 Å². The van der Waals surface area contributed by atoms with E-state index >= 15 is 0 Å². The monoisotopic (exact) mass is 290 g/mol. The Balaban J connectivity index is 2.20. The lowest BCUT2D eigenvalue weighted by Crippen LogP contribution is -2.23. The molecule has 1 fully saturated rings. The first-order valence-corrected chi connectivity index (χ1v) is 6.08. The molecule has 1 aliphatic rings. The van der Waals surface area contributed by atoms with Crippen molar-refractivity contribution in [3.8, 4) is 0 Å². The topological polar surface area (TPSA) is 29.5 Å². The summed E-state index contributed by atoms with van der Waals surface area (Å²) in [5.41, 5.74) is 1.02. The molecule has 0 aromatic heterocycles. The molecule has 0 spiro atoms. The molecular formula is C11H12BrClO2. The highest BCUT2D eigenvalue weighted by Crippen LogP contribution is 2.31. The summed E-state index contributed by atoms with van der Waals surface area (Å²) in [6.07, 6.45) is 1.07. The third kappa shape index (κ3) is 2.94. The van der Waals surface area contributed by atoms with Gasteiger partial charge in [0.2, 0.25) is 0 Å². The van der Waals surface area contributed by atoms with Crippen LogP contribution in [0.15, 0.2) is 22.7 Å². The molecule has 2 unspecified atom stereocenters. The lowest BCUT2D eigenvalue weighted by molar-refractivity contribution is -0.0448. The summed E-state index contributed by atoms with van der Waals surface area (Å²) in [7, 11) is 0. The van der Waals surface area contributed by atoms with Crippen LogP contribution in [0.3, 0.4) is 0 Å². The number of halogens is 2. The van der Waals surface area contributed by atoms with Gasteiger partial charge in [-0.05, 0) is 30.2 Å². The van der Waals surface area contributed by atoms with Gasteiger partial charge in [0.15, 0.2) is 0 Å². The zero-order valence-corrected chi connectivity index (χ0v) is 10.5. The fraction of sp³-hybridized carbons (Fsp3) is 0.455. The summed E-state index contributed by atoms with van der Waals surface area (Å²) in [4.78, 5) is 0. The van der Waals surface area contributed by atoms with E-state index in [2.05, 4.69) is 15.9 Å². The van der Waals surface area contributed by atoms with E-state index in [0.717, 1.165) is 16.5 Å². The van der Waals surface area contributed by atoms with E-state index in [1.54, 1.807) is 0 Å². The summed E-state index contributed by atoms with van der Waals surface area (Å²) in [6, 6.07) is 5.70. The van der Waals surface area contributed by atoms with Crippen molar-refractivity contribution in [1.29, 1.82) is 0 Å². The molecule has 2 rings (SSSR count). The fourth-order valence-electron chi connectivity index (χ4n) is 1.77. The zero-order chi connectivity index (χ0) is 10.8. The van der Waals surface area contributed by atoms with Crippen molar-refractivity contribution < 1.29 is 9.84 Å². The number of benzene rings is 1. The first-order chi connectivity index (χ1) is 7.15. The third-order valence-corrected chi connectivity index (χ3v) is 3.19. The normalized spacial score (nSPS) is 26.6. The highest BCUT2D eigenvalue weighted by molar-refractivity contribution is 9.10. The molecule has 15 heavy (non-hydrogen) atoms. The van der Waals surface area contributed by atoms with Gasteiger partial charge in [0.1, 0.15) is 0 Å². The molecule has 0 radical (unpaired) electrons. The lowest BCUT2D eigenvalue weighted by atomic mass is 9.99. The molecule has 0 bridgehead atoms. The van der Waals surface area contributed by atoms with Crippen molar-refractivity contribution in [2.75, 3.05) is 6.61 Å². The molecule has 1 aromatic rings. The maximum atomic E-state index is 9.55. The summed E-state index contributed by atoms with van der Waals surface area (Å²) in [5, 5.41) is 10.2. The van der Waals surface area contributed by atoms with Gasteiger partial charge in [-0.25, -0.2) is 0 Å². The minimum absolute atomic E-state index is 0.0382. The minimum Gasteiger partial charge on any atom is -0.393 e. The van der Waals surface area contributed by atoms with Crippen molar-refractivity contribution in [3.63, 3.8) is 0 Å². The van der Waals surface area contributed by atoms with Crippen LogP contribution in [0.5, 0.6) is 0 Å². The van der Waals surface area contributed by atoms with Crippen LogP contribution in [0.2, 0.25) is 5.02 Å². The molecule has 2 nitrogen and oxygen atoms in total. The van der Waals surface area contributed by atoms with Crippen molar-refractivity contribution >= 4 is 27.5 Å². The van der Waals surface area contributed by atoms with Crippen molar-refractivity contribution in [1.82, 2.24) is 0 Å². The smallest absolute Gasteiger partial charge is 0.0850 e. The third-order valence-electron chi connectivity index (χ3n) is 2.51. The van der Waals surface area contributed by atoms with Gasteiger partial charge in [-0.2, -0.15) is 0 Å². The molecule has 0 aliphatic carbocycles. The molecule has 1 aliphatic heterocycles. The summed E-state index contributed by atoms with van der Waals surface area (Å²) in [6.45, 7) is 0.607. The maximum Gasteiger partial charge on any atom is 0.0850 e. The van der Waals surface area contributed by atoms with Crippen LogP contribution >= 0.6 is 27.5 Å². The van der Waals surface area contributed by atoms with Gasteiger partial charge in [-0.15, -0.1) is 0 Å². The SMILES string of the molecule is OC1CCOC(c2cc(Cl)cc(Br)c2)C1. The quantitative estimate of drug-likeness (QED) is 0.860. The van der Waals surface area contributed by atoms with E-state index in [4.69, 9.17) is 16.3 Å². The molecule has 1 aromatic carbocycles. The van der Waals surface area contributed by atoms with Gasteiger partial charge >= 0.3 is 0 Å². The largest absolute Gasteiger partial charge is 0.393 e. The predicted molar refractivity (Wildman–Crippen MR) is 63.1 cm³/mol. The van der Waals surface area contributed by atoms with Crippen molar-refractivity contribution in [2.45, 2.75) is 25.0 Å². The van der Waals surface area contributed by atoms with Gasteiger partial charge in [0.05, 0.1) is 12.2 Å². The van der Waals surface area contributed by atoms with Gasteiger partial charge in [0, 0.05) is 22.5 Å². The number of aliphatic hydroxyl groups is 1. The van der Waals surface area contributed by atoms with E-state index in [1.807, 2.05) is 18.2 Å². The Labute approximate surface area is 102 Å². The molecule has 4 heteroatoms. The van der Waals surface area contributed by atoms with Gasteiger partial charge < -0.3 is 9.84 Å². The summed E-state index contributed by atoms with van der Waals surface area (Å²) in [5.74, 6) is 0. The van der Waals surface area contributed by atoms with E-state index in [-0.39, 0.29) is 12.2 Å². The van der Waals surface area contributed by atoms with Crippen LogP contribution in [-0.4, -0.2) is 17.8 Å².